The second-order valence-electron chi connectivity index (χ2n) is 4.90. The standard InChI is InChI=1S/C17H20N3P/c1-21(2)17-8-15(11-20-13-17)16(9-18)12-19-10-14-6-4-3-5-7-14/h3-9,11-13H,10,18H2,1-2H3. The predicted octanol–water partition coefficient (Wildman–Crippen LogP) is 3.02. The minimum absolute atomic E-state index is 0.166. The molecular weight excluding hydrogens is 277 g/mol. The van der Waals surface area contributed by atoms with E-state index in [-0.39, 0.29) is 7.92 Å². The number of hydrogen-bond donors (Lipinski definition) is 1. The largest absolute Gasteiger partial charge is 0.404 e. The molecule has 1 heterocycles. The topological polar surface area (TPSA) is 51.3 Å². The fraction of sp³-hybridized carbons (Fsp3) is 0.176. The molecule has 0 bridgehead atoms. The summed E-state index contributed by atoms with van der Waals surface area (Å²) in [5.74, 6) is 0. The molecule has 0 saturated heterocycles. The van der Waals surface area contributed by atoms with Crippen LogP contribution in [0.1, 0.15) is 11.1 Å². The highest BCUT2D eigenvalue weighted by Gasteiger charge is 2.03. The van der Waals surface area contributed by atoms with Crippen molar-refractivity contribution in [2.75, 3.05) is 13.3 Å². The minimum atomic E-state index is -0.166. The number of aliphatic imine (C=N–C) groups is 1. The van der Waals surface area contributed by atoms with Crippen molar-refractivity contribution in [2.24, 2.45) is 10.7 Å². The van der Waals surface area contributed by atoms with E-state index in [1.54, 1.807) is 6.20 Å². The van der Waals surface area contributed by atoms with Crippen LogP contribution in [0, 0.1) is 0 Å². The lowest BCUT2D eigenvalue weighted by Gasteiger charge is -2.08. The lowest BCUT2D eigenvalue weighted by Crippen LogP contribution is -2.03. The third-order valence-corrected chi connectivity index (χ3v) is 4.38. The summed E-state index contributed by atoms with van der Waals surface area (Å²) in [5, 5.41) is 1.26. The number of nitrogens with two attached hydrogens (primary N) is 1. The predicted molar refractivity (Wildman–Crippen MR) is 93.4 cm³/mol. The Hall–Kier alpha value is -1.99. The maximum Gasteiger partial charge on any atom is 0.0639 e. The van der Waals surface area contributed by atoms with Crippen molar-refractivity contribution in [1.82, 2.24) is 4.98 Å². The molecule has 0 aliphatic carbocycles. The lowest BCUT2D eigenvalue weighted by molar-refractivity contribution is 1.08. The highest BCUT2D eigenvalue weighted by Crippen LogP contribution is 2.24. The van der Waals surface area contributed by atoms with Crippen LogP contribution in [0.25, 0.3) is 5.57 Å². The molecule has 0 radical (unpaired) electrons. The smallest absolute Gasteiger partial charge is 0.0639 e. The Bertz CT molecular complexity index is 633. The summed E-state index contributed by atoms with van der Waals surface area (Å²) in [4.78, 5) is 8.77. The normalized spacial score (nSPS) is 12.2. The van der Waals surface area contributed by atoms with Crippen LogP contribution >= 0.6 is 7.92 Å². The third-order valence-electron chi connectivity index (χ3n) is 3.10. The molecule has 0 unspecified atom stereocenters. The number of allylic oxidation sites excluding steroid dienone is 1. The van der Waals surface area contributed by atoms with Crippen LogP contribution in [0.2, 0.25) is 0 Å². The van der Waals surface area contributed by atoms with E-state index in [0.29, 0.717) is 6.54 Å². The monoisotopic (exact) mass is 297 g/mol. The van der Waals surface area contributed by atoms with E-state index in [1.165, 1.54) is 10.9 Å². The zero-order valence-corrected chi connectivity index (χ0v) is 13.3. The molecule has 0 aliphatic heterocycles. The first-order chi connectivity index (χ1) is 10.2. The van der Waals surface area contributed by atoms with Gasteiger partial charge in [0.1, 0.15) is 0 Å². The molecule has 4 heteroatoms. The SMILES string of the molecule is CP(C)c1cncc(C(C=NCc2ccccc2)=CN)c1. The average Bonchev–Trinajstić information content (AvgIpc) is 2.52. The van der Waals surface area contributed by atoms with Gasteiger partial charge in [-0.25, -0.2) is 0 Å². The van der Waals surface area contributed by atoms with Crippen LogP contribution in [-0.2, 0) is 6.54 Å². The quantitative estimate of drug-likeness (QED) is 0.681. The maximum absolute atomic E-state index is 5.73. The second kappa shape index (κ2) is 7.70. The Balaban J connectivity index is 2.12. The van der Waals surface area contributed by atoms with Gasteiger partial charge in [0, 0.05) is 35.9 Å². The van der Waals surface area contributed by atoms with E-state index in [9.17, 15) is 0 Å². The summed E-state index contributed by atoms with van der Waals surface area (Å²) in [7, 11) is -0.166. The number of pyridine rings is 1. The van der Waals surface area contributed by atoms with Gasteiger partial charge in [-0.2, -0.15) is 0 Å². The van der Waals surface area contributed by atoms with Gasteiger partial charge < -0.3 is 5.73 Å². The highest BCUT2D eigenvalue weighted by molar-refractivity contribution is 7.64. The zero-order chi connectivity index (χ0) is 15.1. The van der Waals surface area contributed by atoms with Gasteiger partial charge in [0.2, 0.25) is 0 Å². The van der Waals surface area contributed by atoms with Crippen LogP contribution < -0.4 is 11.0 Å². The van der Waals surface area contributed by atoms with Crippen molar-refractivity contribution in [3.05, 3.63) is 66.1 Å². The van der Waals surface area contributed by atoms with Crippen LogP contribution in [-0.4, -0.2) is 24.5 Å². The molecule has 0 spiro atoms. The van der Waals surface area contributed by atoms with Crippen LogP contribution in [0.4, 0.5) is 0 Å². The number of benzene rings is 1. The van der Waals surface area contributed by atoms with Crippen molar-refractivity contribution in [3.8, 4) is 0 Å². The lowest BCUT2D eigenvalue weighted by atomic mass is 10.1. The molecule has 0 amide bonds. The Morgan fingerprint density at radius 2 is 2.00 bits per heavy atom. The van der Waals surface area contributed by atoms with Gasteiger partial charge in [0.25, 0.3) is 0 Å². The van der Waals surface area contributed by atoms with E-state index in [4.69, 9.17) is 5.73 Å². The Morgan fingerprint density at radius 1 is 1.24 bits per heavy atom. The summed E-state index contributed by atoms with van der Waals surface area (Å²) in [5.41, 5.74) is 8.83. The number of aromatic nitrogens is 1. The van der Waals surface area contributed by atoms with Crippen molar-refractivity contribution >= 4 is 25.0 Å². The molecule has 2 N–H and O–H groups in total. The number of hydrogen-bond acceptors (Lipinski definition) is 3. The van der Waals surface area contributed by atoms with E-state index >= 15 is 0 Å². The number of nitrogens with zero attached hydrogens (tertiary/aromatic N) is 2. The summed E-state index contributed by atoms with van der Waals surface area (Å²) >= 11 is 0. The van der Waals surface area contributed by atoms with Gasteiger partial charge >= 0.3 is 0 Å². The Labute approximate surface area is 127 Å². The molecule has 21 heavy (non-hydrogen) atoms. The Kier molecular flexibility index (Phi) is 5.65. The van der Waals surface area contributed by atoms with E-state index in [0.717, 1.165) is 11.1 Å². The van der Waals surface area contributed by atoms with E-state index < -0.39 is 0 Å². The minimum Gasteiger partial charge on any atom is -0.404 e. The molecule has 1 aromatic heterocycles. The van der Waals surface area contributed by atoms with Crippen molar-refractivity contribution < 1.29 is 0 Å². The van der Waals surface area contributed by atoms with Crippen molar-refractivity contribution in [2.45, 2.75) is 6.54 Å². The zero-order valence-electron chi connectivity index (χ0n) is 12.4. The van der Waals surface area contributed by atoms with Gasteiger partial charge in [-0.15, -0.1) is 0 Å². The highest BCUT2D eigenvalue weighted by atomic mass is 31.1. The molecule has 0 saturated carbocycles. The average molecular weight is 297 g/mol. The summed E-state index contributed by atoms with van der Waals surface area (Å²) in [6, 6.07) is 12.3. The molecule has 0 atom stereocenters. The first-order valence-electron chi connectivity index (χ1n) is 6.79. The Morgan fingerprint density at radius 3 is 2.67 bits per heavy atom. The van der Waals surface area contributed by atoms with Gasteiger partial charge in [-0.05, 0) is 30.3 Å². The third kappa shape index (κ3) is 4.51. The van der Waals surface area contributed by atoms with E-state index in [2.05, 4.69) is 41.5 Å². The molecular formula is C17H20N3P. The van der Waals surface area contributed by atoms with Crippen molar-refractivity contribution in [3.63, 3.8) is 0 Å². The maximum atomic E-state index is 5.73. The summed E-state index contributed by atoms with van der Waals surface area (Å²) in [6.45, 7) is 5.08. The second-order valence-corrected chi connectivity index (χ2v) is 7.21. The van der Waals surface area contributed by atoms with Gasteiger partial charge in [0.15, 0.2) is 0 Å². The molecule has 2 aromatic rings. The first-order valence-corrected chi connectivity index (χ1v) is 9.02. The van der Waals surface area contributed by atoms with Gasteiger partial charge in [-0.3, -0.25) is 9.98 Å². The molecule has 1 aromatic carbocycles. The molecule has 0 fully saturated rings. The molecule has 3 nitrogen and oxygen atoms in total. The van der Waals surface area contributed by atoms with Crippen LogP contribution in [0.15, 0.2) is 60.0 Å². The van der Waals surface area contributed by atoms with E-state index in [1.807, 2.05) is 36.8 Å². The molecule has 2 rings (SSSR count). The molecule has 0 aliphatic rings. The fourth-order valence-electron chi connectivity index (χ4n) is 1.88. The molecule has 108 valence electrons. The van der Waals surface area contributed by atoms with Gasteiger partial charge in [0.05, 0.1) is 6.54 Å². The summed E-state index contributed by atoms with van der Waals surface area (Å²) in [6.07, 6.45) is 7.16. The van der Waals surface area contributed by atoms with Crippen molar-refractivity contribution in [1.29, 1.82) is 0 Å². The number of rotatable bonds is 5. The van der Waals surface area contributed by atoms with Crippen LogP contribution in [0.3, 0.4) is 0 Å². The summed E-state index contributed by atoms with van der Waals surface area (Å²) < 4.78 is 0. The first kappa shape index (κ1) is 15.4. The fourth-order valence-corrected chi connectivity index (χ4v) is 2.57. The van der Waals surface area contributed by atoms with Crippen LogP contribution in [0.5, 0.6) is 0 Å². The van der Waals surface area contributed by atoms with Gasteiger partial charge in [-0.1, -0.05) is 38.3 Å².